The number of anilines is 1. The van der Waals surface area contributed by atoms with E-state index in [1.54, 1.807) is 31.0 Å². The van der Waals surface area contributed by atoms with Crippen LogP contribution >= 0.6 is 0 Å². The molecule has 0 atom stereocenters. The van der Waals surface area contributed by atoms with Crippen molar-refractivity contribution in [1.82, 2.24) is 9.78 Å². The number of carbonyl (C=O) groups is 1. The third-order valence-electron chi connectivity index (χ3n) is 4.23. The summed E-state index contributed by atoms with van der Waals surface area (Å²) in [7, 11) is 3.16. The van der Waals surface area contributed by atoms with E-state index in [9.17, 15) is 9.18 Å². The van der Waals surface area contributed by atoms with Crippen molar-refractivity contribution in [3.8, 4) is 22.8 Å². The summed E-state index contributed by atoms with van der Waals surface area (Å²) < 4.78 is 25.4. The lowest BCUT2D eigenvalue weighted by Crippen LogP contribution is -2.17. The lowest BCUT2D eigenvalue weighted by atomic mass is 10.1. The predicted molar refractivity (Wildman–Crippen MR) is 105 cm³/mol. The van der Waals surface area contributed by atoms with E-state index in [1.807, 2.05) is 19.1 Å². The molecule has 0 spiro atoms. The van der Waals surface area contributed by atoms with Crippen molar-refractivity contribution in [2.45, 2.75) is 19.9 Å². The second kappa shape index (κ2) is 8.56. The Hall–Kier alpha value is -3.35. The molecular weight excluding hydrogens is 361 g/mol. The van der Waals surface area contributed by atoms with Crippen molar-refractivity contribution < 1.29 is 18.7 Å². The van der Waals surface area contributed by atoms with E-state index >= 15 is 0 Å². The van der Waals surface area contributed by atoms with Crippen molar-refractivity contribution in [3.05, 3.63) is 60.0 Å². The topological polar surface area (TPSA) is 65.4 Å². The van der Waals surface area contributed by atoms with E-state index in [0.29, 0.717) is 35.1 Å². The molecule has 146 valence electrons. The van der Waals surface area contributed by atoms with Gasteiger partial charge < -0.3 is 14.8 Å². The molecule has 28 heavy (non-hydrogen) atoms. The highest BCUT2D eigenvalue weighted by Gasteiger charge is 2.18. The molecule has 0 aliphatic rings. The summed E-state index contributed by atoms with van der Waals surface area (Å²) in [5.41, 5.74) is 2.31. The van der Waals surface area contributed by atoms with Gasteiger partial charge in [-0.15, -0.1) is 0 Å². The van der Waals surface area contributed by atoms with Gasteiger partial charge in [0.25, 0.3) is 5.91 Å². The monoisotopic (exact) mass is 383 g/mol. The van der Waals surface area contributed by atoms with Gasteiger partial charge in [0.1, 0.15) is 23.0 Å². The SMILES string of the molecule is CCCn1nc(-c2ccc(OC)cc2OC)cc1C(=O)Nc1ccc(F)cc1. The molecule has 0 saturated carbocycles. The second-order valence-corrected chi connectivity index (χ2v) is 6.17. The highest BCUT2D eigenvalue weighted by Crippen LogP contribution is 2.33. The van der Waals surface area contributed by atoms with Gasteiger partial charge in [-0.3, -0.25) is 9.48 Å². The molecule has 0 bridgehead atoms. The Morgan fingerprint density at radius 3 is 2.50 bits per heavy atom. The van der Waals surface area contributed by atoms with E-state index < -0.39 is 0 Å². The van der Waals surface area contributed by atoms with Crippen molar-refractivity contribution in [1.29, 1.82) is 0 Å². The summed E-state index contributed by atoms with van der Waals surface area (Å²) in [5.74, 6) is 0.600. The number of methoxy groups -OCH3 is 2. The molecule has 3 rings (SSSR count). The molecule has 1 aromatic heterocycles. The van der Waals surface area contributed by atoms with Crippen LogP contribution in [0.1, 0.15) is 23.8 Å². The van der Waals surface area contributed by atoms with Gasteiger partial charge in [0.15, 0.2) is 0 Å². The maximum absolute atomic E-state index is 13.1. The zero-order chi connectivity index (χ0) is 20.1. The summed E-state index contributed by atoms with van der Waals surface area (Å²) in [4.78, 5) is 12.8. The molecular formula is C21H22FN3O3. The fourth-order valence-electron chi connectivity index (χ4n) is 2.85. The number of aromatic nitrogens is 2. The molecule has 7 heteroatoms. The van der Waals surface area contributed by atoms with E-state index in [1.165, 1.54) is 24.3 Å². The Balaban J connectivity index is 1.95. The highest BCUT2D eigenvalue weighted by molar-refractivity contribution is 6.03. The fourth-order valence-corrected chi connectivity index (χ4v) is 2.85. The van der Waals surface area contributed by atoms with Crippen molar-refractivity contribution in [2.75, 3.05) is 19.5 Å². The summed E-state index contributed by atoms with van der Waals surface area (Å²) >= 11 is 0. The number of amides is 1. The van der Waals surface area contributed by atoms with Crippen LogP contribution in [0.3, 0.4) is 0 Å². The van der Waals surface area contributed by atoms with Crippen LogP contribution in [0.4, 0.5) is 10.1 Å². The maximum Gasteiger partial charge on any atom is 0.273 e. The van der Waals surface area contributed by atoms with Crippen LogP contribution in [0, 0.1) is 5.82 Å². The average molecular weight is 383 g/mol. The quantitative estimate of drug-likeness (QED) is 0.658. The zero-order valence-corrected chi connectivity index (χ0v) is 16.0. The number of benzene rings is 2. The number of hydrogen-bond donors (Lipinski definition) is 1. The van der Waals surface area contributed by atoms with E-state index in [4.69, 9.17) is 9.47 Å². The first-order valence-corrected chi connectivity index (χ1v) is 8.93. The Bertz CT molecular complexity index is 968. The molecule has 1 heterocycles. The number of rotatable bonds is 7. The molecule has 6 nitrogen and oxygen atoms in total. The molecule has 0 aliphatic carbocycles. The van der Waals surface area contributed by atoms with Crippen molar-refractivity contribution >= 4 is 11.6 Å². The number of nitrogens with one attached hydrogen (secondary N) is 1. The molecule has 0 saturated heterocycles. The number of aryl methyl sites for hydroxylation is 1. The normalized spacial score (nSPS) is 10.6. The predicted octanol–water partition coefficient (Wildman–Crippen LogP) is 4.37. The number of carbonyl (C=O) groups excluding carboxylic acids is 1. The van der Waals surface area contributed by atoms with Crippen molar-refractivity contribution in [3.63, 3.8) is 0 Å². The van der Waals surface area contributed by atoms with E-state index in [-0.39, 0.29) is 11.7 Å². The number of halogens is 1. The van der Waals surface area contributed by atoms with Crippen LogP contribution in [0.15, 0.2) is 48.5 Å². The first kappa shape index (κ1) is 19.4. The fraction of sp³-hybridized carbons (Fsp3) is 0.238. The van der Waals surface area contributed by atoms with Crippen LogP contribution in [-0.4, -0.2) is 29.9 Å². The Labute approximate surface area is 162 Å². The molecule has 1 amide bonds. The molecule has 3 aromatic rings. The van der Waals surface area contributed by atoms with E-state index in [2.05, 4.69) is 10.4 Å². The van der Waals surface area contributed by atoms with Crippen LogP contribution < -0.4 is 14.8 Å². The molecule has 0 unspecified atom stereocenters. The highest BCUT2D eigenvalue weighted by atomic mass is 19.1. The summed E-state index contributed by atoms with van der Waals surface area (Å²) in [6.07, 6.45) is 0.817. The largest absolute Gasteiger partial charge is 0.497 e. The molecule has 0 aliphatic heterocycles. The zero-order valence-electron chi connectivity index (χ0n) is 16.0. The van der Waals surface area contributed by atoms with Gasteiger partial charge in [-0.1, -0.05) is 6.92 Å². The van der Waals surface area contributed by atoms with E-state index in [0.717, 1.165) is 12.0 Å². The third kappa shape index (κ3) is 4.14. The molecule has 1 N–H and O–H groups in total. The minimum absolute atomic E-state index is 0.314. The summed E-state index contributed by atoms with van der Waals surface area (Å²) in [6, 6.07) is 12.8. The standard InChI is InChI=1S/C21H22FN3O3/c1-4-11-25-19(21(26)23-15-7-5-14(22)6-8-15)13-18(24-25)17-10-9-16(27-2)12-20(17)28-3/h5-10,12-13H,4,11H2,1-3H3,(H,23,26). The van der Waals surface area contributed by atoms with Crippen LogP contribution in [-0.2, 0) is 6.54 Å². The Morgan fingerprint density at radius 2 is 1.86 bits per heavy atom. The smallest absolute Gasteiger partial charge is 0.273 e. The van der Waals surface area contributed by atoms with Gasteiger partial charge >= 0.3 is 0 Å². The van der Waals surface area contributed by atoms with Gasteiger partial charge in [0.05, 0.1) is 19.9 Å². The first-order chi connectivity index (χ1) is 13.5. The lowest BCUT2D eigenvalue weighted by molar-refractivity contribution is 0.101. The summed E-state index contributed by atoms with van der Waals surface area (Å²) in [6.45, 7) is 2.60. The second-order valence-electron chi connectivity index (χ2n) is 6.17. The van der Waals surface area contributed by atoms with Gasteiger partial charge in [-0.2, -0.15) is 5.10 Å². The minimum atomic E-state index is -0.358. The number of hydrogen-bond acceptors (Lipinski definition) is 4. The number of ether oxygens (including phenoxy) is 2. The van der Waals surface area contributed by atoms with Crippen LogP contribution in [0.2, 0.25) is 0 Å². The van der Waals surface area contributed by atoms with Crippen molar-refractivity contribution in [2.24, 2.45) is 0 Å². The van der Waals surface area contributed by atoms with Crippen LogP contribution in [0.25, 0.3) is 11.3 Å². The van der Waals surface area contributed by atoms with Gasteiger partial charge in [-0.25, -0.2) is 4.39 Å². The molecule has 0 fully saturated rings. The maximum atomic E-state index is 13.1. The lowest BCUT2D eigenvalue weighted by Gasteiger charge is -2.08. The first-order valence-electron chi connectivity index (χ1n) is 8.93. The van der Waals surface area contributed by atoms with Gasteiger partial charge in [0, 0.05) is 23.9 Å². The average Bonchev–Trinajstić information content (AvgIpc) is 3.13. The third-order valence-corrected chi connectivity index (χ3v) is 4.23. The number of nitrogens with zero attached hydrogens (tertiary/aromatic N) is 2. The van der Waals surface area contributed by atoms with Crippen LogP contribution in [0.5, 0.6) is 11.5 Å². The summed E-state index contributed by atoms with van der Waals surface area (Å²) in [5, 5.41) is 7.36. The Kier molecular flexibility index (Phi) is 5.93. The minimum Gasteiger partial charge on any atom is -0.497 e. The molecule has 0 radical (unpaired) electrons. The Morgan fingerprint density at radius 1 is 1.11 bits per heavy atom. The molecule has 2 aromatic carbocycles. The van der Waals surface area contributed by atoms with Gasteiger partial charge in [-0.05, 0) is 48.9 Å². The van der Waals surface area contributed by atoms with Gasteiger partial charge in [0.2, 0.25) is 0 Å².